The molecule has 0 radical (unpaired) electrons. The van der Waals surface area contributed by atoms with Crippen LogP contribution in [0.15, 0.2) is 17.7 Å². The molecule has 7 aliphatic rings. The lowest BCUT2D eigenvalue weighted by Crippen LogP contribution is -2.81. The van der Waals surface area contributed by atoms with Crippen LogP contribution < -0.4 is 10.1 Å². The van der Waals surface area contributed by atoms with E-state index in [1.165, 1.54) is 16.7 Å². The number of hydrogen-bond donors (Lipinski definition) is 1. The van der Waals surface area contributed by atoms with Gasteiger partial charge in [0.1, 0.15) is 16.9 Å². The number of piperidine rings is 2. The molecule has 2 aliphatic carbocycles. The van der Waals surface area contributed by atoms with Crippen molar-refractivity contribution in [2.24, 2.45) is 11.3 Å². The van der Waals surface area contributed by atoms with Crippen LogP contribution in [0, 0.1) is 11.3 Å². The molecule has 4 saturated heterocycles. The number of nitrogens with zero attached hydrogens (tertiary/aromatic N) is 1. The molecule has 2 unspecified atom stereocenters. The van der Waals surface area contributed by atoms with Crippen molar-refractivity contribution in [2.45, 2.75) is 82.9 Å². The molecule has 8 rings (SSSR count). The zero-order valence-corrected chi connectivity index (χ0v) is 19.6. The number of amides is 1. The molecule has 168 valence electrons. The molecule has 2 bridgehead atoms. The zero-order valence-electron chi connectivity index (χ0n) is 19.6. The Bertz CT molecular complexity index is 1160. The van der Waals surface area contributed by atoms with Crippen molar-refractivity contribution in [1.82, 2.24) is 10.2 Å². The maximum absolute atomic E-state index is 13.3. The third kappa shape index (κ3) is 2.10. The number of allylic oxidation sites excluding steroid dienone is 1. The standard InChI is InChI=1S/C27H32N2O3/c1-24(2)12-19(30)22-16-10-18-17(15(16)6-7-20(22)32-24)11-26-14-29-9-5-8-27(29,23(31)28-26)13-21(26)25(18,3)4/h6-7,21H,5,8-14H2,1-4H3,(H,28,31)/t21-,26?,27?/m0/s1. The molecule has 0 aromatic heterocycles. The number of benzene rings is 1. The van der Waals surface area contributed by atoms with Crippen LogP contribution in [0.4, 0.5) is 0 Å². The average Bonchev–Trinajstić information content (AvgIpc) is 3.27. The van der Waals surface area contributed by atoms with Gasteiger partial charge in [0.05, 0.1) is 17.5 Å². The Kier molecular flexibility index (Phi) is 3.32. The van der Waals surface area contributed by atoms with Crippen molar-refractivity contribution in [2.75, 3.05) is 13.1 Å². The van der Waals surface area contributed by atoms with Crippen molar-refractivity contribution in [3.8, 4) is 5.75 Å². The zero-order chi connectivity index (χ0) is 22.3. The Morgan fingerprint density at radius 2 is 1.94 bits per heavy atom. The molecular weight excluding hydrogens is 400 g/mol. The summed E-state index contributed by atoms with van der Waals surface area (Å²) in [6, 6.07) is 4.18. The summed E-state index contributed by atoms with van der Waals surface area (Å²) in [7, 11) is 0. The van der Waals surface area contributed by atoms with Gasteiger partial charge in [0.2, 0.25) is 5.91 Å². The number of Topliss-reactive ketones (excluding diaryl/α,β-unsaturated/α-hetero) is 1. The fourth-order valence-electron chi connectivity index (χ4n) is 8.45. The van der Waals surface area contributed by atoms with E-state index in [1.54, 1.807) is 0 Å². The predicted octanol–water partition coefficient (Wildman–Crippen LogP) is 3.89. The Morgan fingerprint density at radius 1 is 1.12 bits per heavy atom. The summed E-state index contributed by atoms with van der Waals surface area (Å²) in [4.78, 5) is 29.0. The van der Waals surface area contributed by atoms with E-state index in [9.17, 15) is 9.59 Å². The van der Waals surface area contributed by atoms with Crippen LogP contribution in [-0.4, -0.2) is 46.4 Å². The van der Waals surface area contributed by atoms with E-state index in [2.05, 4.69) is 30.1 Å². The quantitative estimate of drug-likeness (QED) is 0.676. The highest BCUT2D eigenvalue weighted by Crippen LogP contribution is 2.64. The minimum absolute atomic E-state index is 0.0211. The average molecular weight is 433 g/mol. The Labute approximate surface area is 189 Å². The number of piperazine rings is 1. The number of hydrogen-bond acceptors (Lipinski definition) is 4. The second kappa shape index (κ2) is 5.49. The fourth-order valence-corrected chi connectivity index (χ4v) is 8.45. The SMILES string of the molecule is CC1(C)CC(=O)c2c(ccc3c2CC2=C3CC34CN5CCCC5(C[C@H]3C2(C)C)C(=O)N4)O1. The minimum atomic E-state index is -0.453. The Morgan fingerprint density at radius 3 is 2.75 bits per heavy atom. The van der Waals surface area contributed by atoms with E-state index < -0.39 is 5.60 Å². The summed E-state index contributed by atoms with van der Waals surface area (Å²) in [5.74, 6) is 1.63. The van der Waals surface area contributed by atoms with Gasteiger partial charge in [-0.15, -0.1) is 0 Å². The molecule has 3 atom stereocenters. The third-order valence-corrected chi connectivity index (χ3v) is 9.80. The van der Waals surface area contributed by atoms with Gasteiger partial charge in [-0.2, -0.15) is 0 Å². The summed E-state index contributed by atoms with van der Waals surface area (Å²) in [5.41, 5.74) is 5.07. The predicted molar refractivity (Wildman–Crippen MR) is 122 cm³/mol. The molecule has 0 saturated carbocycles. The summed E-state index contributed by atoms with van der Waals surface area (Å²) in [5, 5.41) is 3.57. The second-order valence-corrected chi connectivity index (χ2v) is 12.4. The summed E-state index contributed by atoms with van der Waals surface area (Å²) >= 11 is 0. The van der Waals surface area contributed by atoms with E-state index in [0.29, 0.717) is 12.3 Å². The highest BCUT2D eigenvalue weighted by Gasteiger charge is 2.68. The van der Waals surface area contributed by atoms with Crippen molar-refractivity contribution in [1.29, 1.82) is 0 Å². The largest absolute Gasteiger partial charge is 0.487 e. The third-order valence-electron chi connectivity index (χ3n) is 9.80. The van der Waals surface area contributed by atoms with Crippen LogP contribution in [0.2, 0.25) is 0 Å². The lowest BCUT2D eigenvalue weighted by molar-refractivity contribution is -0.161. The van der Waals surface area contributed by atoms with Crippen molar-refractivity contribution in [3.05, 3.63) is 34.4 Å². The second-order valence-electron chi connectivity index (χ2n) is 12.4. The van der Waals surface area contributed by atoms with Gasteiger partial charge in [0.25, 0.3) is 0 Å². The molecule has 1 N–H and O–H groups in total. The molecule has 5 heteroatoms. The molecule has 1 aromatic carbocycles. The van der Waals surface area contributed by atoms with Gasteiger partial charge in [-0.3, -0.25) is 14.5 Å². The maximum atomic E-state index is 13.3. The molecule has 1 aromatic rings. The van der Waals surface area contributed by atoms with E-state index in [-0.39, 0.29) is 28.2 Å². The van der Waals surface area contributed by atoms with Crippen LogP contribution in [0.5, 0.6) is 5.75 Å². The number of rotatable bonds is 0. The lowest BCUT2D eigenvalue weighted by Gasteiger charge is -2.66. The first-order valence-corrected chi connectivity index (χ1v) is 12.3. The van der Waals surface area contributed by atoms with Crippen molar-refractivity contribution in [3.63, 3.8) is 0 Å². The number of carbonyl (C=O) groups is 2. The number of fused-ring (bicyclic) bond motifs is 5. The minimum Gasteiger partial charge on any atom is -0.487 e. The summed E-state index contributed by atoms with van der Waals surface area (Å²) < 4.78 is 6.22. The van der Waals surface area contributed by atoms with Crippen LogP contribution in [0.1, 0.15) is 81.3 Å². The van der Waals surface area contributed by atoms with Gasteiger partial charge in [0, 0.05) is 6.54 Å². The van der Waals surface area contributed by atoms with Crippen LogP contribution >= 0.6 is 0 Å². The topological polar surface area (TPSA) is 58.6 Å². The van der Waals surface area contributed by atoms with Crippen LogP contribution in [0.25, 0.3) is 5.57 Å². The monoisotopic (exact) mass is 432 g/mol. The number of ketones is 1. The van der Waals surface area contributed by atoms with Gasteiger partial charge < -0.3 is 10.1 Å². The molecule has 4 fully saturated rings. The maximum Gasteiger partial charge on any atom is 0.241 e. The normalized spacial score (nSPS) is 37.8. The van der Waals surface area contributed by atoms with Gasteiger partial charge in [-0.05, 0) is 86.6 Å². The van der Waals surface area contributed by atoms with Crippen molar-refractivity contribution < 1.29 is 14.3 Å². The lowest BCUT2D eigenvalue weighted by atomic mass is 9.50. The summed E-state index contributed by atoms with van der Waals surface area (Å²) in [6.45, 7) is 10.7. The fraction of sp³-hybridized carbons (Fsp3) is 0.630. The molecule has 5 nitrogen and oxygen atoms in total. The highest BCUT2D eigenvalue weighted by atomic mass is 16.5. The number of nitrogens with one attached hydrogen (secondary N) is 1. The molecule has 32 heavy (non-hydrogen) atoms. The first-order valence-electron chi connectivity index (χ1n) is 12.3. The first-order chi connectivity index (χ1) is 15.1. The number of carbonyl (C=O) groups excluding carboxylic acids is 2. The van der Waals surface area contributed by atoms with E-state index in [4.69, 9.17) is 4.74 Å². The van der Waals surface area contributed by atoms with Gasteiger partial charge in [-0.1, -0.05) is 25.5 Å². The molecule has 5 heterocycles. The van der Waals surface area contributed by atoms with Gasteiger partial charge in [-0.25, -0.2) is 0 Å². The molecule has 2 spiro atoms. The van der Waals surface area contributed by atoms with Crippen molar-refractivity contribution >= 4 is 17.3 Å². The molecule has 5 aliphatic heterocycles. The molecule has 1 amide bonds. The first kappa shape index (κ1) is 19.3. The highest BCUT2D eigenvalue weighted by molar-refractivity contribution is 6.04. The van der Waals surface area contributed by atoms with Gasteiger partial charge in [0.15, 0.2) is 5.78 Å². The van der Waals surface area contributed by atoms with E-state index >= 15 is 0 Å². The Balaban J connectivity index is 1.37. The van der Waals surface area contributed by atoms with E-state index in [0.717, 1.165) is 62.1 Å². The van der Waals surface area contributed by atoms with E-state index in [1.807, 2.05) is 19.9 Å². The molecular formula is C27H32N2O3. The Hall–Kier alpha value is -2.14. The van der Waals surface area contributed by atoms with Crippen LogP contribution in [0.3, 0.4) is 0 Å². The smallest absolute Gasteiger partial charge is 0.241 e. The summed E-state index contributed by atoms with van der Waals surface area (Å²) in [6.07, 6.45) is 5.21. The van der Waals surface area contributed by atoms with Gasteiger partial charge >= 0.3 is 0 Å². The number of ether oxygens (including phenoxy) is 1. The van der Waals surface area contributed by atoms with Crippen LogP contribution in [-0.2, 0) is 11.2 Å².